The summed E-state index contributed by atoms with van der Waals surface area (Å²) < 4.78 is 0. The quantitative estimate of drug-likeness (QED) is 0.123. The lowest BCUT2D eigenvalue weighted by molar-refractivity contribution is -0.486. The van der Waals surface area contributed by atoms with Crippen LogP contribution >= 0.6 is 23.2 Å². The summed E-state index contributed by atoms with van der Waals surface area (Å²) in [6.45, 7) is 5.05. The number of aromatic nitrogens is 2. The van der Waals surface area contributed by atoms with Gasteiger partial charge in [-0.25, -0.2) is 30.2 Å². The van der Waals surface area contributed by atoms with Crippen LogP contribution in [-0.4, -0.2) is 90.8 Å². The Morgan fingerprint density at radius 3 is 1.38 bits per heavy atom. The molecule has 0 N–H and O–H groups in total. The Hall–Kier alpha value is -3.78. The summed E-state index contributed by atoms with van der Waals surface area (Å²) in [6.07, 6.45) is 9.25. The fourth-order valence-corrected chi connectivity index (χ4v) is 5.38. The molecular weight excluding hydrogens is 587 g/mol. The minimum Gasteiger partial charge on any atom is -0.336 e. The zero-order valence-electron chi connectivity index (χ0n) is 23.2. The van der Waals surface area contributed by atoms with Crippen molar-refractivity contribution in [1.82, 2.24) is 29.6 Å². The SMILES string of the molecule is O=[N+]([O-])/N=C1\N(CCCCCCCCN2CCN(Cc3ccc(Cl)nc3)/C2=N/[N+](=O)[O-])CCN1Cc1ccc(Cl)nc1. The van der Waals surface area contributed by atoms with Crippen LogP contribution in [0.3, 0.4) is 0 Å². The van der Waals surface area contributed by atoms with Crippen molar-refractivity contribution >= 4 is 35.1 Å². The van der Waals surface area contributed by atoms with Crippen LogP contribution in [0, 0.1) is 20.2 Å². The third-order valence-corrected chi connectivity index (χ3v) is 7.63. The van der Waals surface area contributed by atoms with Crippen LogP contribution in [0.15, 0.2) is 46.9 Å². The molecule has 4 heterocycles. The van der Waals surface area contributed by atoms with E-state index in [1.165, 1.54) is 0 Å². The summed E-state index contributed by atoms with van der Waals surface area (Å²) in [5.74, 6) is 0.767. The molecule has 2 aromatic heterocycles. The lowest BCUT2D eigenvalue weighted by atomic mass is 10.1. The normalized spacial score (nSPS) is 17.2. The Kier molecular flexibility index (Phi) is 11.5. The van der Waals surface area contributed by atoms with E-state index in [-0.39, 0.29) is 0 Å². The van der Waals surface area contributed by atoms with Crippen molar-refractivity contribution in [2.75, 3.05) is 39.3 Å². The Labute approximate surface area is 253 Å². The summed E-state index contributed by atoms with van der Waals surface area (Å²) in [4.78, 5) is 38.3. The van der Waals surface area contributed by atoms with Gasteiger partial charge in [0.1, 0.15) is 20.5 Å². The molecule has 2 aromatic rings. The van der Waals surface area contributed by atoms with Crippen molar-refractivity contribution in [3.05, 3.63) is 78.3 Å². The second kappa shape index (κ2) is 15.4. The van der Waals surface area contributed by atoms with E-state index in [1.54, 1.807) is 24.5 Å². The van der Waals surface area contributed by atoms with Crippen LogP contribution in [0.1, 0.15) is 49.7 Å². The Morgan fingerprint density at radius 1 is 0.643 bits per heavy atom. The van der Waals surface area contributed by atoms with Gasteiger partial charge in [0.2, 0.25) is 0 Å². The van der Waals surface area contributed by atoms with Crippen LogP contribution in [0.2, 0.25) is 10.3 Å². The predicted octanol–water partition coefficient (Wildman–Crippen LogP) is 4.15. The number of guanidine groups is 2. The number of pyridine rings is 2. The summed E-state index contributed by atoms with van der Waals surface area (Å²) >= 11 is 11.7. The number of hydrogen-bond donors (Lipinski definition) is 0. The molecule has 2 saturated heterocycles. The lowest BCUT2D eigenvalue weighted by Gasteiger charge is -2.21. The molecule has 0 amide bonds. The molecule has 226 valence electrons. The fourth-order valence-electron chi connectivity index (χ4n) is 5.16. The molecule has 4 rings (SSSR count). The molecule has 16 heteroatoms. The van der Waals surface area contributed by atoms with Gasteiger partial charge < -0.3 is 19.6 Å². The van der Waals surface area contributed by atoms with Gasteiger partial charge in [0.05, 0.1) is 0 Å². The van der Waals surface area contributed by atoms with Crippen LogP contribution < -0.4 is 0 Å². The van der Waals surface area contributed by atoms with Gasteiger partial charge in [-0.1, -0.05) is 61.0 Å². The number of nitro groups is 2. The highest BCUT2D eigenvalue weighted by Gasteiger charge is 2.30. The molecule has 14 nitrogen and oxygen atoms in total. The van der Waals surface area contributed by atoms with Crippen LogP contribution in [0.5, 0.6) is 0 Å². The summed E-state index contributed by atoms with van der Waals surface area (Å²) in [5, 5.41) is 29.2. The summed E-state index contributed by atoms with van der Waals surface area (Å²) in [6, 6.07) is 7.12. The molecule has 0 atom stereocenters. The first-order valence-corrected chi connectivity index (χ1v) is 14.7. The molecule has 0 unspecified atom stereocenters. The maximum Gasteiger partial charge on any atom is 0.274 e. The molecule has 0 saturated carbocycles. The molecule has 2 fully saturated rings. The van der Waals surface area contributed by atoms with E-state index in [1.807, 2.05) is 31.7 Å². The Balaban J connectivity index is 1.15. The van der Waals surface area contributed by atoms with Crippen molar-refractivity contribution in [3.63, 3.8) is 0 Å². The van der Waals surface area contributed by atoms with E-state index < -0.39 is 10.1 Å². The number of halogens is 2. The smallest absolute Gasteiger partial charge is 0.274 e. The molecule has 2 aliphatic heterocycles. The van der Waals surface area contributed by atoms with Crippen molar-refractivity contribution in [2.45, 2.75) is 51.6 Å². The zero-order chi connectivity index (χ0) is 29.9. The maximum absolute atomic E-state index is 11.2. The molecular formula is C26H34Cl2N10O4. The lowest BCUT2D eigenvalue weighted by Crippen LogP contribution is -2.35. The molecule has 0 aromatic carbocycles. The van der Waals surface area contributed by atoms with Gasteiger partial charge in [-0.2, -0.15) is 0 Å². The highest BCUT2D eigenvalue weighted by molar-refractivity contribution is 6.29. The van der Waals surface area contributed by atoms with Crippen molar-refractivity contribution in [3.8, 4) is 0 Å². The van der Waals surface area contributed by atoms with Gasteiger partial charge >= 0.3 is 0 Å². The van der Waals surface area contributed by atoms with E-state index in [9.17, 15) is 20.2 Å². The van der Waals surface area contributed by atoms with Gasteiger partial charge in [0.25, 0.3) is 11.9 Å². The molecule has 0 bridgehead atoms. The number of unbranched alkanes of at least 4 members (excludes halogenated alkanes) is 5. The Bertz CT molecular complexity index is 1170. The highest BCUT2D eigenvalue weighted by atomic mass is 35.5. The number of rotatable bonds is 15. The zero-order valence-corrected chi connectivity index (χ0v) is 24.7. The van der Waals surface area contributed by atoms with Gasteiger partial charge in [-0.05, 0) is 36.1 Å². The number of hydrazone groups is 2. The largest absolute Gasteiger partial charge is 0.336 e. The van der Waals surface area contributed by atoms with Gasteiger partial charge in [-0.15, -0.1) is 0 Å². The second-order valence-electron chi connectivity index (χ2n) is 10.2. The van der Waals surface area contributed by atoms with Crippen LogP contribution in [-0.2, 0) is 13.1 Å². The van der Waals surface area contributed by atoms with Crippen LogP contribution in [0.4, 0.5) is 0 Å². The molecule has 0 spiro atoms. The van der Waals surface area contributed by atoms with E-state index in [2.05, 4.69) is 20.2 Å². The standard InChI is InChI=1S/C26H34Cl2N10O4/c27-23-9-7-21(17-29-23)19-35-15-13-33(25(35)31-37(39)40)11-5-3-1-2-4-6-12-34-14-16-36(26(34)32-38(41)42)20-22-8-10-24(28)30-18-22/h7-10,17-18H,1-6,11-16,19-20H2/b31-25+,32-26+. The van der Waals surface area contributed by atoms with E-state index in [0.29, 0.717) is 74.6 Å². The van der Waals surface area contributed by atoms with Crippen molar-refractivity contribution in [2.24, 2.45) is 10.2 Å². The first-order chi connectivity index (χ1) is 20.3. The third-order valence-electron chi connectivity index (χ3n) is 7.18. The minimum atomic E-state index is -0.642. The average Bonchev–Trinajstić information content (AvgIpc) is 3.50. The van der Waals surface area contributed by atoms with Crippen LogP contribution in [0.25, 0.3) is 0 Å². The number of hydrogen-bond acceptors (Lipinski definition) is 6. The highest BCUT2D eigenvalue weighted by Crippen LogP contribution is 2.18. The average molecular weight is 622 g/mol. The summed E-state index contributed by atoms with van der Waals surface area (Å²) in [7, 11) is 0. The third kappa shape index (κ3) is 9.38. The second-order valence-corrected chi connectivity index (χ2v) is 11.0. The molecule has 0 aliphatic carbocycles. The van der Waals surface area contributed by atoms with Gasteiger partial charge in [0.15, 0.2) is 10.1 Å². The predicted molar refractivity (Wildman–Crippen MR) is 159 cm³/mol. The monoisotopic (exact) mass is 620 g/mol. The maximum atomic E-state index is 11.2. The number of nitrogens with zero attached hydrogens (tertiary/aromatic N) is 10. The van der Waals surface area contributed by atoms with Crippen molar-refractivity contribution < 1.29 is 10.1 Å². The van der Waals surface area contributed by atoms with E-state index in [0.717, 1.165) is 49.7 Å². The Morgan fingerprint density at radius 2 is 1.02 bits per heavy atom. The first-order valence-electron chi connectivity index (χ1n) is 13.9. The van der Waals surface area contributed by atoms with Crippen molar-refractivity contribution in [1.29, 1.82) is 0 Å². The summed E-state index contributed by atoms with van der Waals surface area (Å²) in [5.41, 5.74) is 1.82. The molecule has 42 heavy (non-hydrogen) atoms. The minimum absolute atomic E-state index is 0.383. The van der Waals surface area contributed by atoms with Gasteiger partial charge in [0, 0.05) is 64.8 Å². The first kappa shape index (κ1) is 31.2. The van der Waals surface area contributed by atoms with E-state index in [4.69, 9.17) is 23.2 Å². The topological polar surface area (TPSA) is 150 Å². The molecule has 0 radical (unpaired) electrons. The fraction of sp³-hybridized carbons (Fsp3) is 0.538. The van der Waals surface area contributed by atoms with E-state index >= 15 is 0 Å². The van der Waals surface area contributed by atoms with Gasteiger partial charge in [-0.3, -0.25) is 0 Å². The molecule has 2 aliphatic rings.